The Bertz CT molecular complexity index is 698. The van der Waals surface area contributed by atoms with Crippen molar-refractivity contribution in [3.8, 4) is 0 Å². The van der Waals surface area contributed by atoms with E-state index in [1.165, 1.54) is 30.4 Å². The second kappa shape index (κ2) is 5.35. The van der Waals surface area contributed by atoms with Crippen molar-refractivity contribution in [1.82, 2.24) is 0 Å². The minimum absolute atomic E-state index is 0.331. The number of allylic oxidation sites excluding steroid dienone is 10. The van der Waals surface area contributed by atoms with Gasteiger partial charge in [0.2, 0.25) is 0 Å². The lowest BCUT2D eigenvalue weighted by molar-refractivity contribution is 0.315. The standard InChI is InChI=1S/C20H22.2C2H6/c1-14-4-6-19-12-17(19,8-14)10-16(3)11-18-9-15(2)5-7-20(18,19)13-18;2*1-2/h4-10H,11-13H2,1-3H3;2*1-2H3. The Hall–Kier alpha value is -1.30. The lowest BCUT2D eigenvalue weighted by Gasteiger charge is -2.33. The zero-order valence-electron chi connectivity index (χ0n) is 16.7. The first kappa shape index (κ1) is 17.5. The van der Waals surface area contributed by atoms with Gasteiger partial charge in [0.25, 0.3) is 0 Å². The van der Waals surface area contributed by atoms with Crippen molar-refractivity contribution in [1.29, 1.82) is 0 Å². The lowest BCUT2D eigenvalue weighted by Crippen LogP contribution is -2.27. The molecule has 5 aliphatic rings. The van der Waals surface area contributed by atoms with Crippen molar-refractivity contribution >= 4 is 0 Å². The molecule has 5 aliphatic carbocycles. The second-order valence-electron chi connectivity index (χ2n) is 8.10. The van der Waals surface area contributed by atoms with Crippen molar-refractivity contribution in [3.63, 3.8) is 0 Å². The van der Waals surface area contributed by atoms with Gasteiger partial charge < -0.3 is 0 Å². The fraction of sp³-hybridized carbons (Fsp3) is 0.583. The maximum atomic E-state index is 2.61. The Kier molecular flexibility index (Phi) is 3.90. The summed E-state index contributed by atoms with van der Waals surface area (Å²) in [4.78, 5) is 0. The highest BCUT2D eigenvalue weighted by Gasteiger charge is 2.84. The summed E-state index contributed by atoms with van der Waals surface area (Å²) in [5.41, 5.74) is 6.04. The summed E-state index contributed by atoms with van der Waals surface area (Å²) in [6.07, 6.45) is 21.6. The molecule has 4 atom stereocenters. The van der Waals surface area contributed by atoms with Gasteiger partial charge in [0, 0.05) is 21.7 Å². The van der Waals surface area contributed by atoms with Crippen LogP contribution in [0, 0.1) is 21.7 Å². The van der Waals surface area contributed by atoms with Crippen LogP contribution in [0.3, 0.4) is 0 Å². The Morgan fingerprint density at radius 1 is 0.708 bits per heavy atom. The van der Waals surface area contributed by atoms with E-state index in [9.17, 15) is 0 Å². The van der Waals surface area contributed by atoms with Gasteiger partial charge >= 0.3 is 0 Å². The summed E-state index contributed by atoms with van der Waals surface area (Å²) >= 11 is 0. The third-order valence-electron chi connectivity index (χ3n) is 6.78. The molecule has 2 fully saturated rings. The largest absolute Gasteiger partial charge is 0.0762 e. The average Bonchev–Trinajstić information content (AvgIpc) is 3.41. The van der Waals surface area contributed by atoms with Gasteiger partial charge in [-0.25, -0.2) is 0 Å². The van der Waals surface area contributed by atoms with Crippen molar-refractivity contribution in [2.24, 2.45) is 21.7 Å². The van der Waals surface area contributed by atoms with Gasteiger partial charge in [0.15, 0.2) is 0 Å². The normalized spacial score (nSPS) is 45.0. The molecule has 0 bridgehead atoms. The highest BCUT2D eigenvalue weighted by atomic mass is 14.9. The number of hydrogen-bond acceptors (Lipinski definition) is 0. The molecule has 0 nitrogen and oxygen atoms in total. The highest BCUT2D eigenvalue weighted by molar-refractivity contribution is 5.58. The first-order chi connectivity index (χ1) is 11.5. The van der Waals surface area contributed by atoms with E-state index < -0.39 is 0 Å². The van der Waals surface area contributed by atoms with Gasteiger partial charge in [0.1, 0.15) is 0 Å². The van der Waals surface area contributed by atoms with E-state index in [2.05, 4.69) is 63.3 Å². The molecule has 130 valence electrons. The van der Waals surface area contributed by atoms with E-state index in [1.807, 2.05) is 27.7 Å². The SMILES string of the molecule is CC.CC.CC1=CC23C=C(C)CC45C=C(C)C=CC4(C5)C2(C=C1)C3. The third-order valence-corrected chi connectivity index (χ3v) is 6.78. The first-order valence-electron chi connectivity index (χ1n) is 9.92. The molecule has 5 rings (SSSR count). The third kappa shape index (κ3) is 1.86. The van der Waals surface area contributed by atoms with Crippen LogP contribution in [0.2, 0.25) is 0 Å². The molecule has 0 heteroatoms. The fourth-order valence-electron chi connectivity index (χ4n) is 6.11. The topological polar surface area (TPSA) is 0 Å². The highest BCUT2D eigenvalue weighted by Crippen LogP contribution is 2.91. The zero-order valence-corrected chi connectivity index (χ0v) is 16.7. The van der Waals surface area contributed by atoms with Crippen LogP contribution < -0.4 is 0 Å². The summed E-state index contributed by atoms with van der Waals surface area (Å²) in [6.45, 7) is 14.9. The lowest BCUT2D eigenvalue weighted by atomic mass is 9.70. The molecule has 0 aromatic heterocycles. The second-order valence-corrected chi connectivity index (χ2v) is 8.10. The van der Waals surface area contributed by atoms with Crippen LogP contribution >= 0.6 is 0 Å². The molecule has 2 saturated carbocycles. The molecule has 0 aromatic rings. The molecular weight excluding hydrogens is 288 g/mol. The van der Waals surface area contributed by atoms with E-state index in [0.29, 0.717) is 21.7 Å². The van der Waals surface area contributed by atoms with Crippen LogP contribution in [-0.4, -0.2) is 0 Å². The average molecular weight is 323 g/mol. The Morgan fingerprint density at radius 2 is 1.29 bits per heavy atom. The van der Waals surface area contributed by atoms with Crippen LogP contribution in [0.4, 0.5) is 0 Å². The molecule has 24 heavy (non-hydrogen) atoms. The van der Waals surface area contributed by atoms with Crippen LogP contribution in [0.5, 0.6) is 0 Å². The summed E-state index contributed by atoms with van der Waals surface area (Å²) in [7, 11) is 0. The van der Waals surface area contributed by atoms with Gasteiger partial charge in [-0.3, -0.25) is 0 Å². The van der Waals surface area contributed by atoms with Crippen molar-refractivity contribution in [3.05, 3.63) is 59.3 Å². The molecular formula is C24H34. The minimum atomic E-state index is 0.331. The van der Waals surface area contributed by atoms with Crippen molar-refractivity contribution < 1.29 is 0 Å². The van der Waals surface area contributed by atoms with Gasteiger partial charge in [0.05, 0.1) is 0 Å². The predicted molar refractivity (Wildman–Crippen MR) is 106 cm³/mol. The van der Waals surface area contributed by atoms with Crippen LogP contribution in [0.1, 0.15) is 67.7 Å². The molecule has 0 amide bonds. The van der Waals surface area contributed by atoms with Gasteiger partial charge in [-0.2, -0.15) is 0 Å². The number of rotatable bonds is 0. The van der Waals surface area contributed by atoms with Crippen molar-refractivity contribution in [2.75, 3.05) is 0 Å². The Balaban J connectivity index is 0.000000396. The van der Waals surface area contributed by atoms with Crippen LogP contribution in [-0.2, 0) is 0 Å². The van der Waals surface area contributed by atoms with E-state index in [-0.39, 0.29) is 0 Å². The van der Waals surface area contributed by atoms with E-state index in [1.54, 1.807) is 5.57 Å². The maximum absolute atomic E-state index is 2.61. The van der Waals surface area contributed by atoms with Crippen LogP contribution in [0.15, 0.2) is 59.3 Å². The molecule has 0 N–H and O–H groups in total. The number of hydrogen-bond donors (Lipinski definition) is 0. The summed E-state index contributed by atoms with van der Waals surface area (Å²) in [5.74, 6) is 0. The van der Waals surface area contributed by atoms with Gasteiger partial charge in [-0.05, 0) is 40.0 Å². The quantitative estimate of drug-likeness (QED) is 0.414. The van der Waals surface area contributed by atoms with Crippen LogP contribution in [0.25, 0.3) is 0 Å². The Morgan fingerprint density at radius 3 is 1.96 bits per heavy atom. The van der Waals surface area contributed by atoms with Crippen molar-refractivity contribution in [2.45, 2.75) is 67.7 Å². The first-order valence-corrected chi connectivity index (χ1v) is 9.92. The monoisotopic (exact) mass is 322 g/mol. The summed E-state index contributed by atoms with van der Waals surface area (Å²) in [5, 5.41) is 0. The molecule has 4 unspecified atom stereocenters. The molecule has 0 aromatic carbocycles. The van der Waals surface area contributed by atoms with E-state index in [0.717, 1.165) is 0 Å². The van der Waals surface area contributed by atoms with Gasteiger partial charge in [-0.15, -0.1) is 0 Å². The van der Waals surface area contributed by atoms with E-state index >= 15 is 0 Å². The van der Waals surface area contributed by atoms with Gasteiger partial charge in [-0.1, -0.05) is 86.9 Å². The molecule has 0 aliphatic heterocycles. The maximum Gasteiger partial charge on any atom is 0.0178 e. The molecule has 0 spiro atoms. The molecule has 0 heterocycles. The minimum Gasteiger partial charge on any atom is -0.0762 e. The van der Waals surface area contributed by atoms with E-state index in [4.69, 9.17) is 0 Å². The fourth-order valence-corrected chi connectivity index (χ4v) is 6.11. The Labute approximate surface area is 149 Å². The molecule has 0 saturated heterocycles. The zero-order chi connectivity index (χ0) is 17.8. The molecule has 0 radical (unpaired) electrons. The smallest absolute Gasteiger partial charge is 0.0178 e. The summed E-state index contributed by atoms with van der Waals surface area (Å²) in [6, 6.07) is 0. The summed E-state index contributed by atoms with van der Waals surface area (Å²) < 4.78 is 0. The predicted octanol–water partition coefficient (Wildman–Crippen LogP) is 7.17.